The molecule has 0 radical (unpaired) electrons. The summed E-state index contributed by atoms with van der Waals surface area (Å²) < 4.78 is 1.41. The summed E-state index contributed by atoms with van der Waals surface area (Å²) in [6.45, 7) is 6.32. The van der Waals surface area contributed by atoms with E-state index in [1.807, 2.05) is 0 Å². The Balaban J connectivity index is 4.04. The molecule has 0 N–H and O–H groups in total. The number of nitrogens with zero attached hydrogens (tertiary/aromatic N) is 1. The second kappa shape index (κ2) is 4.00. The van der Waals surface area contributed by atoms with Gasteiger partial charge in [0, 0.05) is 0 Å². The van der Waals surface area contributed by atoms with E-state index in [-0.39, 0.29) is 0 Å². The van der Waals surface area contributed by atoms with E-state index in [4.69, 9.17) is 0 Å². The van der Waals surface area contributed by atoms with Gasteiger partial charge >= 0.3 is 67.9 Å². The minimum atomic E-state index is 1.32. The first-order valence-electron chi connectivity index (χ1n) is 2.96. The Morgan fingerprint density at radius 1 is 1.44 bits per heavy atom. The van der Waals surface area contributed by atoms with Crippen LogP contribution < -0.4 is 0 Å². The second-order valence-electron chi connectivity index (χ2n) is 2.01. The van der Waals surface area contributed by atoms with Crippen molar-refractivity contribution in [1.29, 1.82) is 0 Å². The van der Waals surface area contributed by atoms with E-state index in [0.29, 0.717) is 0 Å². The van der Waals surface area contributed by atoms with E-state index in [2.05, 4.69) is 38.8 Å². The summed E-state index contributed by atoms with van der Waals surface area (Å²) in [6, 6.07) is 0. The Labute approximate surface area is 68.2 Å². The van der Waals surface area contributed by atoms with Gasteiger partial charge in [-0.2, -0.15) is 0 Å². The molecule has 0 aromatic heterocycles. The Bertz CT molecular complexity index is 138. The molecule has 0 aliphatic rings. The van der Waals surface area contributed by atoms with Crippen molar-refractivity contribution in [3.63, 3.8) is 0 Å². The van der Waals surface area contributed by atoms with Crippen LogP contribution in [0.1, 0.15) is 20.8 Å². The molecule has 0 amide bonds. The molecule has 0 aromatic carbocycles. The first-order chi connectivity index (χ1) is 4.09. The zero-order chi connectivity index (χ0) is 7.44. The monoisotopic (exact) mass is 295 g/mol. The van der Waals surface area contributed by atoms with Crippen molar-refractivity contribution in [2.75, 3.05) is 7.05 Å². The summed E-state index contributed by atoms with van der Waals surface area (Å²) >= 11 is 1.54. The fourth-order valence-corrected chi connectivity index (χ4v) is 0.959. The van der Waals surface area contributed by atoms with E-state index < -0.39 is 0 Å². The summed E-state index contributed by atoms with van der Waals surface area (Å²) in [5.74, 6) is 0. The van der Waals surface area contributed by atoms with Crippen LogP contribution in [0.4, 0.5) is 0 Å². The van der Waals surface area contributed by atoms with Crippen LogP contribution in [0.2, 0.25) is 0 Å². The zero-order valence-electron chi connectivity index (χ0n) is 6.43. The number of hydrogen-bond donors (Lipinski definition) is 0. The minimum absolute atomic E-state index is 1.32. The molecule has 1 nitrogen and oxygen atoms in total. The predicted octanol–water partition coefficient (Wildman–Crippen LogP) is 1.54. The van der Waals surface area contributed by atoms with E-state index in [0.717, 1.165) is 0 Å². The molecular weight excluding hydrogens is 282 g/mol. The third-order valence-electron chi connectivity index (χ3n) is 1.42. The quantitative estimate of drug-likeness (QED) is 0.747. The average Bonchev–Trinajstić information content (AvgIpc) is 1.84. The van der Waals surface area contributed by atoms with Crippen LogP contribution >= 0.6 is 0 Å². The third kappa shape index (κ3) is 2.95. The van der Waals surface area contributed by atoms with E-state index in [1.54, 1.807) is 0 Å². The molecule has 0 saturated carbocycles. The van der Waals surface area contributed by atoms with Gasteiger partial charge in [0.2, 0.25) is 0 Å². The molecular formula is C7H13NW. The van der Waals surface area contributed by atoms with Crippen molar-refractivity contribution in [2.45, 2.75) is 20.8 Å². The fraction of sp³-hybridized carbons (Fsp3) is 0.571. The fourth-order valence-electron chi connectivity index (χ4n) is 0.442. The Morgan fingerprint density at radius 3 is 2.00 bits per heavy atom. The van der Waals surface area contributed by atoms with Crippen LogP contribution in [0.15, 0.2) is 11.8 Å². The molecule has 2 heteroatoms. The van der Waals surface area contributed by atoms with E-state index in [9.17, 15) is 0 Å². The van der Waals surface area contributed by atoms with Gasteiger partial charge in [0.25, 0.3) is 0 Å². The van der Waals surface area contributed by atoms with Crippen molar-refractivity contribution < 1.29 is 19.4 Å². The average molecular weight is 295 g/mol. The summed E-state index contributed by atoms with van der Waals surface area (Å²) in [5, 5.41) is 0. The molecule has 0 spiro atoms. The second-order valence-corrected chi connectivity index (χ2v) is 4.13. The number of hydrogen-bond acceptors (Lipinski definition) is 1. The van der Waals surface area contributed by atoms with Crippen LogP contribution in [0.25, 0.3) is 0 Å². The summed E-state index contributed by atoms with van der Waals surface area (Å²) in [5.41, 5.74) is 1.32. The molecule has 0 fully saturated rings. The molecule has 0 saturated heterocycles. The molecule has 0 heterocycles. The van der Waals surface area contributed by atoms with Gasteiger partial charge in [-0.3, -0.25) is 0 Å². The first-order valence-corrected chi connectivity index (χ1v) is 4.43. The van der Waals surface area contributed by atoms with Crippen molar-refractivity contribution in [3.8, 4) is 0 Å². The van der Waals surface area contributed by atoms with Gasteiger partial charge in [0.15, 0.2) is 0 Å². The van der Waals surface area contributed by atoms with Crippen LogP contribution in [0.3, 0.4) is 0 Å². The van der Waals surface area contributed by atoms with Gasteiger partial charge in [-0.15, -0.1) is 0 Å². The van der Waals surface area contributed by atoms with Crippen molar-refractivity contribution >= 4 is 4.02 Å². The normalized spacial score (nSPS) is 11.3. The van der Waals surface area contributed by atoms with Gasteiger partial charge < -0.3 is 0 Å². The van der Waals surface area contributed by atoms with Crippen LogP contribution in [0, 0.1) is 0 Å². The molecule has 0 unspecified atom stereocenters. The van der Waals surface area contributed by atoms with E-state index >= 15 is 0 Å². The zero-order valence-corrected chi connectivity index (χ0v) is 9.37. The summed E-state index contributed by atoms with van der Waals surface area (Å²) in [6.07, 6.45) is 2.12. The molecule has 52 valence electrons. The molecule has 0 atom stereocenters. The van der Waals surface area contributed by atoms with Crippen LogP contribution in [0.5, 0.6) is 0 Å². The Hall–Kier alpha value is 0.0983. The third-order valence-corrected chi connectivity index (χ3v) is 2.40. The predicted molar refractivity (Wildman–Crippen MR) is 37.9 cm³/mol. The van der Waals surface area contributed by atoms with Crippen LogP contribution in [-0.4, -0.2) is 16.0 Å². The SMILES string of the molecule is CC=C(C)N(C)[C](C)=[W]. The molecule has 9 heavy (non-hydrogen) atoms. The molecule has 0 aromatic rings. The number of allylic oxidation sites excluding steroid dienone is 2. The van der Waals surface area contributed by atoms with Gasteiger partial charge in [-0.25, -0.2) is 0 Å². The Morgan fingerprint density at radius 2 is 1.89 bits per heavy atom. The maximum atomic E-state index is 2.20. The van der Waals surface area contributed by atoms with Crippen molar-refractivity contribution in [3.05, 3.63) is 11.8 Å². The molecule has 0 aliphatic heterocycles. The van der Waals surface area contributed by atoms with Gasteiger partial charge in [0.1, 0.15) is 0 Å². The van der Waals surface area contributed by atoms with Crippen molar-refractivity contribution in [1.82, 2.24) is 4.90 Å². The molecule has 0 bridgehead atoms. The summed E-state index contributed by atoms with van der Waals surface area (Å²) in [7, 11) is 2.09. The molecule has 0 rings (SSSR count). The van der Waals surface area contributed by atoms with Gasteiger partial charge in [-0.1, -0.05) is 0 Å². The van der Waals surface area contributed by atoms with E-state index in [1.165, 1.54) is 29.1 Å². The first kappa shape index (κ1) is 9.10. The maximum absolute atomic E-state index is 2.20. The standard InChI is InChI=1S/C7H13N.W/c1-5-7(3)8(4)6-2;/h5H,1-4H3;. The number of rotatable bonds is 2. The topological polar surface area (TPSA) is 3.24 Å². The van der Waals surface area contributed by atoms with Crippen molar-refractivity contribution in [2.24, 2.45) is 0 Å². The van der Waals surface area contributed by atoms with Gasteiger partial charge in [-0.05, 0) is 0 Å². The molecule has 0 aliphatic carbocycles. The van der Waals surface area contributed by atoms with Gasteiger partial charge in [0.05, 0.1) is 0 Å². The van der Waals surface area contributed by atoms with Crippen LogP contribution in [-0.2, 0) is 19.4 Å². The Kier molecular flexibility index (Phi) is 4.05. The summed E-state index contributed by atoms with van der Waals surface area (Å²) in [4.78, 5) is 2.20.